The summed E-state index contributed by atoms with van der Waals surface area (Å²) >= 11 is 0. The summed E-state index contributed by atoms with van der Waals surface area (Å²) in [5, 5.41) is 2.77. The van der Waals surface area contributed by atoms with Crippen LogP contribution >= 0.6 is 0 Å². The number of halogens is 1. The van der Waals surface area contributed by atoms with Gasteiger partial charge in [0.05, 0.1) is 25.0 Å². The van der Waals surface area contributed by atoms with Crippen LogP contribution in [0.4, 0.5) is 14.9 Å². The number of amides is 2. The minimum Gasteiger partial charge on any atom is -0.442 e. The van der Waals surface area contributed by atoms with Gasteiger partial charge in [0.1, 0.15) is 11.9 Å². The number of rotatable bonds is 5. The molecule has 10 heteroatoms. The SMILES string of the molecule is CS(=O)(=O)N1CCC(C(=O)NCC2CN(c3cccc(F)c3)C(=O)O2)CC1. The number of hydrogen-bond acceptors (Lipinski definition) is 5. The normalized spacial score (nSPS) is 21.9. The highest BCUT2D eigenvalue weighted by molar-refractivity contribution is 7.88. The van der Waals surface area contributed by atoms with Gasteiger partial charge in [0, 0.05) is 19.0 Å². The first-order chi connectivity index (χ1) is 12.7. The highest BCUT2D eigenvalue weighted by Gasteiger charge is 2.34. The molecule has 27 heavy (non-hydrogen) atoms. The summed E-state index contributed by atoms with van der Waals surface area (Å²) in [6.07, 6.45) is 0.964. The monoisotopic (exact) mass is 399 g/mol. The number of piperidine rings is 1. The van der Waals surface area contributed by atoms with Crippen molar-refractivity contribution in [2.24, 2.45) is 5.92 Å². The van der Waals surface area contributed by atoms with Crippen LogP contribution in [-0.2, 0) is 19.6 Å². The van der Waals surface area contributed by atoms with Gasteiger partial charge in [-0.05, 0) is 31.0 Å². The number of nitrogens with zero attached hydrogens (tertiary/aromatic N) is 2. The van der Waals surface area contributed by atoms with E-state index >= 15 is 0 Å². The molecule has 0 bridgehead atoms. The Hall–Kier alpha value is -2.20. The molecule has 2 heterocycles. The number of nitrogens with one attached hydrogen (secondary N) is 1. The van der Waals surface area contributed by atoms with Crippen molar-refractivity contribution >= 4 is 27.7 Å². The third-order valence-corrected chi connectivity index (χ3v) is 6.09. The fourth-order valence-electron chi connectivity index (χ4n) is 3.29. The van der Waals surface area contributed by atoms with Crippen LogP contribution in [0.15, 0.2) is 24.3 Å². The van der Waals surface area contributed by atoms with E-state index in [-0.39, 0.29) is 24.9 Å². The number of ether oxygens (including phenoxy) is 1. The molecule has 148 valence electrons. The van der Waals surface area contributed by atoms with E-state index in [9.17, 15) is 22.4 Å². The van der Waals surface area contributed by atoms with Crippen molar-refractivity contribution in [3.8, 4) is 0 Å². The van der Waals surface area contributed by atoms with Crippen molar-refractivity contribution in [3.05, 3.63) is 30.1 Å². The number of benzene rings is 1. The maximum absolute atomic E-state index is 13.3. The van der Waals surface area contributed by atoms with Crippen LogP contribution in [0.3, 0.4) is 0 Å². The molecule has 2 saturated heterocycles. The molecule has 0 radical (unpaired) electrons. The van der Waals surface area contributed by atoms with Gasteiger partial charge in [0.2, 0.25) is 15.9 Å². The van der Waals surface area contributed by atoms with Crippen LogP contribution in [0.25, 0.3) is 0 Å². The Morgan fingerprint density at radius 1 is 1.33 bits per heavy atom. The van der Waals surface area contributed by atoms with Crippen LogP contribution in [-0.4, -0.2) is 63.3 Å². The third kappa shape index (κ3) is 4.75. The second kappa shape index (κ2) is 7.81. The van der Waals surface area contributed by atoms with Crippen LogP contribution in [0, 0.1) is 11.7 Å². The van der Waals surface area contributed by atoms with Gasteiger partial charge >= 0.3 is 6.09 Å². The van der Waals surface area contributed by atoms with E-state index in [1.807, 2.05) is 0 Å². The summed E-state index contributed by atoms with van der Waals surface area (Å²) in [5.74, 6) is -0.889. The predicted molar refractivity (Wildman–Crippen MR) is 96.2 cm³/mol. The molecule has 1 unspecified atom stereocenters. The topological polar surface area (TPSA) is 96.0 Å². The molecule has 3 rings (SSSR count). The van der Waals surface area contributed by atoms with Gasteiger partial charge in [-0.3, -0.25) is 9.69 Å². The lowest BCUT2D eigenvalue weighted by molar-refractivity contribution is -0.126. The molecule has 0 aliphatic carbocycles. The van der Waals surface area contributed by atoms with E-state index in [0.717, 1.165) is 6.26 Å². The highest BCUT2D eigenvalue weighted by atomic mass is 32.2. The van der Waals surface area contributed by atoms with E-state index in [0.29, 0.717) is 31.6 Å². The molecule has 2 fully saturated rings. The van der Waals surface area contributed by atoms with Gasteiger partial charge in [-0.1, -0.05) is 6.07 Å². The first-order valence-electron chi connectivity index (χ1n) is 8.70. The number of hydrogen-bond donors (Lipinski definition) is 1. The number of carbonyl (C=O) groups excluding carboxylic acids is 2. The quantitative estimate of drug-likeness (QED) is 0.795. The smallest absolute Gasteiger partial charge is 0.414 e. The number of sulfonamides is 1. The average Bonchev–Trinajstić information content (AvgIpc) is 3.00. The van der Waals surface area contributed by atoms with Crippen molar-refractivity contribution in [2.75, 3.05) is 37.3 Å². The third-order valence-electron chi connectivity index (χ3n) is 4.79. The van der Waals surface area contributed by atoms with Gasteiger partial charge < -0.3 is 10.1 Å². The minimum atomic E-state index is -3.23. The van der Waals surface area contributed by atoms with Crippen LogP contribution in [0.5, 0.6) is 0 Å². The molecule has 1 aromatic rings. The van der Waals surface area contributed by atoms with E-state index in [1.54, 1.807) is 6.07 Å². The first kappa shape index (κ1) is 19.6. The summed E-state index contributed by atoms with van der Waals surface area (Å²) in [5.41, 5.74) is 0.405. The Morgan fingerprint density at radius 2 is 2.04 bits per heavy atom. The number of carbonyl (C=O) groups is 2. The molecule has 2 aliphatic rings. The summed E-state index contributed by atoms with van der Waals surface area (Å²) in [4.78, 5) is 25.6. The molecule has 2 amide bonds. The van der Waals surface area contributed by atoms with Gasteiger partial charge in [-0.15, -0.1) is 0 Å². The molecule has 8 nitrogen and oxygen atoms in total. The Labute approximate surface area is 157 Å². The van der Waals surface area contributed by atoms with Crippen LogP contribution in [0.2, 0.25) is 0 Å². The zero-order valence-electron chi connectivity index (χ0n) is 14.9. The van der Waals surface area contributed by atoms with Gasteiger partial charge in [-0.2, -0.15) is 0 Å². The zero-order valence-corrected chi connectivity index (χ0v) is 15.7. The number of anilines is 1. The molecule has 2 aliphatic heterocycles. The summed E-state index contributed by atoms with van der Waals surface area (Å²) < 4.78 is 42.9. The maximum atomic E-state index is 13.3. The van der Waals surface area contributed by atoms with Gasteiger partial charge in [0.25, 0.3) is 0 Å². The second-order valence-electron chi connectivity index (χ2n) is 6.78. The Morgan fingerprint density at radius 3 is 2.67 bits per heavy atom. The molecular formula is C17H22FN3O5S. The lowest BCUT2D eigenvalue weighted by Gasteiger charge is -2.29. The molecule has 0 saturated carbocycles. The molecule has 0 aromatic heterocycles. The first-order valence-corrected chi connectivity index (χ1v) is 10.6. The minimum absolute atomic E-state index is 0.155. The van der Waals surface area contributed by atoms with E-state index in [2.05, 4.69) is 5.32 Å². The number of cyclic esters (lactones) is 1. The van der Waals surface area contributed by atoms with Crippen molar-refractivity contribution in [1.82, 2.24) is 9.62 Å². The van der Waals surface area contributed by atoms with E-state index in [1.165, 1.54) is 27.4 Å². The lowest BCUT2D eigenvalue weighted by Crippen LogP contribution is -2.44. The van der Waals surface area contributed by atoms with Crippen molar-refractivity contribution in [3.63, 3.8) is 0 Å². The lowest BCUT2D eigenvalue weighted by atomic mass is 9.97. The fourth-order valence-corrected chi connectivity index (χ4v) is 4.17. The Kier molecular flexibility index (Phi) is 5.66. The van der Waals surface area contributed by atoms with E-state index in [4.69, 9.17) is 4.74 Å². The van der Waals surface area contributed by atoms with Gasteiger partial charge in [0.15, 0.2) is 0 Å². The van der Waals surface area contributed by atoms with Crippen LogP contribution in [0.1, 0.15) is 12.8 Å². The van der Waals surface area contributed by atoms with Crippen molar-refractivity contribution < 1.29 is 27.1 Å². The Bertz CT molecular complexity index is 824. The average molecular weight is 399 g/mol. The molecule has 1 atom stereocenters. The molecule has 1 aromatic carbocycles. The standard InChI is InChI=1S/C17H22FN3O5S/c1-27(24,25)20-7-5-12(6-8-20)16(22)19-10-15-11-21(17(23)26-15)14-4-2-3-13(18)9-14/h2-4,9,12,15H,5-8,10-11H2,1H3,(H,19,22). The largest absolute Gasteiger partial charge is 0.442 e. The summed E-state index contributed by atoms with van der Waals surface area (Å²) in [6, 6.07) is 5.66. The summed E-state index contributed by atoms with van der Waals surface area (Å²) in [7, 11) is -3.23. The summed E-state index contributed by atoms with van der Waals surface area (Å²) in [6.45, 7) is 1.02. The molecule has 1 N–H and O–H groups in total. The highest BCUT2D eigenvalue weighted by Crippen LogP contribution is 2.23. The van der Waals surface area contributed by atoms with Crippen LogP contribution < -0.4 is 10.2 Å². The predicted octanol–water partition coefficient (Wildman–Crippen LogP) is 0.939. The van der Waals surface area contributed by atoms with E-state index < -0.39 is 28.0 Å². The molecule has 0 spiro atoms. The van der Waals surface area contributed by atoms with Crippen molar-refractivity contribution in [1.29, 1.82) is 0 Å². The fraction of sp³-hybridized carbons (Fsp3) is 0.529. The zero-order chi connectivity index (χ0) is 19.6. The van der Waals surface area contributed by atoms with Crippen molar-refractivity contribution in [2.45, 2.75) is 18.9 Å². The Balaban J connectivity index is 1.48. The molecular weight excluding hydrogens is 377 g/mol. The second-order valence-corrected chi connectivity index (χ2v) is 8.76. The van der Waals surface area contributed by atoms with Gasteiger partial charge in [-0.25, -0.2) is 21.9 Å². The maximum Gasteiger partial charge on any atom is 0.414 e.